The zero-order chi connectivity index (χ0) is 18.5. The first-order chi connectivity index (χ1) is 12.3. The van der Waals surface area contributed by atoms with Crippen molar-refractivity contribution in [2.75, 3.05) is 13.1 Å². The van der Waals surface area contributed by atoms with Gasteiger partial charge < -0.3 is 0 Å². The molecule has 26 heavy (non-hydrogen) atoms. The van der Waals surface area contributed by atoms with Crippen molar-refractivity contribution in [2.24, 2.45) is 15.1 Å². The van der Waals surface area contributed by atoms with E-state index in [1.807, 2.05) is 0 Å². The first-order valence-electron chi connectivity index (χ1n) is 7.89. The van der Waals surface area contributed by atoms with Crippen LogP contribution in [-0.4, -0.2) is 46.2 Å². The number of hydrogen-bond donors (Lipinski definition) is 0. The van der Waals surface area contributed by atoms with E-state index in [0.29, 0.717) is 0 Å². The Bertz CT molecular complexity index is 866. The van der Waals surface area contributed by atoms with Crippen LogP contribution in [0.15, 0.2) is 39.5 Å². The average Bonchev–Trinajstić information content (AvgIpc) is 2.98. The van der Waals surface area contributed by atoms with Crippen LogP contribution >= 0.6 is 23.2 Å². The molecule has 1 unspecified atom stereocenters. The van der Waals surface area contributed by atoms with Crippen molar-refractivity contribution < 1.29 is 17.9 Å². The van der Waals surface area contributed by atoms with E-state index >= 15 is 0 Å². The van der Waals surface area contributed by atoms with Crippen molar-refractivity contribution in [1.82, 2.24) is 5.01 Å². The molecule has 0 amide bonds. The molecular weight excluding hydrogens is 390 g/mol. The maximum atomic E-state index is 14.4. The Morgan fingerprint density at radius 1 is 1.15 bits per heavy atom. The fourth-order valence-corrected chi connectivity index (χ4v) is 3.68. The third kappa shape index (κ3) is 2.77. The van der Waals surface area contributed by atoms with Gasteiger partial charge in [0.15, 0.2) is 17.7 Å². The van der Waals surface area contributed by atoms with Gasteiger partial charge in [0.05, 0.1) is 23.7 Å². The molecule has 0 aromatic heterocycles. The van der Waals surface area contributed by atoms with E-state index < -0.39 is 11.7 Å². The van der Waals surface area contributed by atoms with Crippen LogP contribution < -0.4 is 0 Å². The van der Waals surface area contributed by atoms with Crippen LogP contribution in [0.25, 0.3) is 5.57 Å². The van der Waals surface area contributed by atoms with E-state index in [2.05, 4.69) is 15.1 Å². The second kappa shape index (κ2) is 6.16. The largest absolute Gasteiger partial charge is 0.384 e. The SMILES string of the molecule is Fc1cccc(Cl)c1C1=C[N+]2(N3CCC(F)(F)CC3)N=CN=C2N=C1Cl. The van der Waals surface area contributed by atoms with Crippen molar-refractivity contribution in [3.8, 4) is 0 Å². The highest BCUT2D eigenvalue weighted by Crippen LogP contribution is 2.38. The smallest absolute Gasteiger partial charge is 0.207 e. The Morgan fingerprint density at radius 2 is 1.88 bits per heavy atom. The predicted octanol–water partition coefficient (Wildman–Crippen LogP) is 4.25. The lowest BCUT2D eigenvalue weighted by Gasteiger charge is -2.39. The van der Waals surface area contributed by atoms with E-state index in [1.165, 1.54) is 24.5 Å². The number of benzene rings is 1. The van der Waals surface area contributed by atoms with E-state index in [4.69, 9.17) is 23.2 Å². The molecule has 0 saturated carbocycles. The van der Waals surface area contributed by atoms with Gasteiger partial charge in [-0.1, -0.05) is 29.3 Å². The molecule has 3 aliphatic rings. The number of aliphatic imine (C=N–C) groups is 2. The Labute approximate surface area is 157 Å². The van der Waals surface area contributed by atoms with Crippen molar-refractivity contribution in [3.63, 3.8) is 0 Å². The normalized spacial score (nSPS) is 27.7. The molecule has 1 saturated heterocycles. The lowest BCUT2D eigenvalue weighted by Crippen LogP contribution is -2.59. The topological polar surface area (TPSA) is 40.3 Å². The third-order valence-electron chi connectivity index (χ3n) is 4.56. The molecule has 0 spiro atoms. The third-order valence-corrected chi connectivity index (χ3v) is 5.16. The molecule has 3 heterocycles. The van der Waals surface area contributed by atoms with Gasteiger partial charge in [-0.15, -0.1) is 5.01 Å². The summed E-state index contributed by atoms with van der Waals surface area (Å²) in [6, 6.07) is 4.27. The van der Waals surface area contributed by atoms with Crippen LogP contribution in [-0.2, 0) is 0 Å². The number of piperidine rings is 1. The summed E-state index contributed by atoms with van der Waals surface area (Å²) in [5, 5.41) is 6.18. The standard InChI is InChI=1S/C16H13Cl2F3N5/c17-11-2-1-3-12(19)13(11)10-8-26(15(22-9-23-26)24-14(10)18)25-6-4-16(20,21)5-7-25/h1-3,8-9H,4-7H2/q+1. The minimum Gasteiger partial charge on any atom is -0.207 e. The van der Waals surface area contributed by atoms with Gasteiger partial charge in [-0.2, -0.15) is 9.98 Å². The molecule has 0 radical (unpaired) electrons. The molecule has 10 heteroatoms. The number of halogens is 5. The van der Waals surface area contributed by atoms with Gasteiger partial charge in [0.25, 0.3) is 5.92 Å². The monoisotopic (exact) mass is 402 g/mol. The van der Waals surface area contributed by atoms with Crippen LogP contribution in [0.3, 0.4) is 0 Å². The molecule has 0 bridgehead atoms. The summed E-state index contributed by atoms with van der Waals surface area (Å²) in [7, 11) is 0. The lowest BCUT2D eigenvalue weighted by atomic mass is 10.1. The van der Waals surface area contributed by atoms with Gasteiger partial charge >= 0.3 is 5.96 Å². The summed E-state index contributed by atoms with van der Waals surface area (Å²) in [4.78, 5) is 8.31. The van der Waals surface area contributed by atoms with Crippen LogP contribution in [0.4, 0.5) is 13.2 Å². The fraction of sp³-hybridized carbons (Fsp3) is 0.312. The minimum atomic E-state index is -2.71. The molecule has 3 aliphatic heterocycles. The zero-order valence-electron chi connectivity index (χ0n) is 13.3. The highest BCUT2D eigenvalue weighted by atomic mass is 35.5. The molecule has 136 valence electrons. The number of allylic oxidation sites excluding steroid dienone is 1. The van der Waals surface area contributed by atoms with E-state index in [0.717, 1.165) is 0 Å². The lowest BCUT2D eigenvalue weighted by molar-refractivity contribution is -0.921. The highest BCUT2D eigenvalue weighted by Gasteiger charge is 2.51. The zero-order valence-corrected chi connectivity index (χ0v) is 14.9. The molecule has 4 rings (SSSR count). The Balaban J connectivity index is 1.81. The van der Waals surface area contributed by atoms with Crippen LogP contribution in [0.2, 0.25) is 5.02 Å². The van der Waals surface area contributed by atoms with E-state index in [1.54, 1.807) is 11.2 Å². The molecular formula is C16H13Cl2F3N5+. The summed E-state index contributed by atoms with van der Waals surface area (Å²) in [6.45, 7) is 0.149. The van der Waals surface area contributed by atoms with Crippen molar-refractivity contribution in [2.45, 2.75) is 18.8 Å². The molecule has 1 atom stereocenters. The van der Waals surface area contributed by atoms with E-state index in [9.17, 15) is 13.2 Å². The Hall–Kier alpha value is -1.74. The number of nitrogens with zero attached hydrogens (tertiary/aromatic N) is 5. The molecule has 0 aliphatic carbocycles. The maximum absolute atomic E-state index is 14.4. The molecule has 1 fully saturated rings. The minimum absolute atomic E-state index is 0.0114. The Morgan fingerprint density at radius 3 is 2.58 bits per heavy atom. The predicted molar refractivity (Wildman–Crippen MR) is 94.6 cm³/mol. The van der Waals surface area contributed by atoms with Gasteiger partial charge in [0.2, 0.25) is 0 Å². The van der Waals surface area contributed by atoms with Crippen molar-refractivity contribution in [1.29, 1.82) is 0 Å². The highest BCUT2D eigenvalue weighted by molar-refractivity contribution is 6.77. The van der Waals surface area contributed by atoms with Gasteiger partial charge in [0, 0.05) is 18.4 Å². The number of guanidine groups is 1. The summed E-state index contributed by atoms with van der Waals surface area (Å²) >= 11 is 12.4. The first kappa shape index (κ1) is 17.7. The summed E-state index contributed by atoms with van der Waals surface area (Å²) < 4.78 is 41.2. The van der Waals surface area contributed by atoms with Crippen LogP contribution in [0.1, 0.15) is 18.4 Å². The van der Waals surface area contributed by atoms with Crippen LogP contribution in [0, 0.1) is 5.82 Å². The van der Waals surface area contributed by atoms with Gasteiger partial charge in [-0.25, -0.2) is 13.2 Å². The van der Waals surface area contributed by atoms with Crippen LogP contribution in [0.5, 0.6) is 0 Å². The molecule has 1 aromatic rings. The van der Waals surface area contributed by atoms with Crippen molar-refractivity contribution >= 4 is 46.2 Å². The summed E-state index contributed by atoms with van der Waals surface area (Å²) in [5.74, 6) is -3.06. The first-order valence-corrected chi connectivity index (χ1v) is 8.64. The Kier molecular flexibility index (Phi) is 4.18. The fourth-order valence-electron chi connectivity index (χ4n) is 3.20. The van der Waals surface area contributed by atoms with E-state index in [-0.39, 0.29) is 57.9 Å². The van der Waals surface area contributed by atoms with Gasteiger partial charge in [-0.05, 0) is 21.9 Å². The number of quaternary nitrogens is 1. The van der Waals surface area contributed by atoms with Crippen molar-refractivity contribution in [3.05, 3.63) is 40.8 Å². The number of hydrogen-bond acceptors (Lipinski definition) is 4. The molecule has 1 aromatic carbocycles. The van der Waals surface area contributed by atoms with Gasteiger partial charge in [0.1, 0.15) is 5.82 Å². The number of rotatable bonds is 2. The average molecular weight is 403 g/mol. The molecule has 0 N–H and O–H groups in total. The van der Waals surface area contributed by atoms with Gasteiger partial charge in [-0.3, -0.25) is 0 Å². The quantitative estimate of drug-likeness (QED) is 0.681. The molecule has 5 nitrogen and oxygen atoms in total. The second-order valence-electron chi connectivity index (χ2n) is 6.16. The number of alkyl halides is 2. The summed E-state index contributed by atoms with van der Waals surface area (Å²) in [5.41, 5.74) is 0.328. The number of fused-ring (bicyclic) bond motifs is 1. The maximum Gasteiger partial charge on any atom is 0.384 e. The summed E-state index contributed by atoms with van der Waals surface area (Å²) in [6.07, 6.45) is 2.22. The second-order valence-corrected chi connectivity index (χ2v) is 6.93.